The summed E-state index contributed by atoms with van der Waals surface area (Å²) in [5.41, 5.74) is 0. The molecule has 13 nitrogen and oxygen atoms in total. The van der Waals surface area contributed by atoms with Gasteiger partial charge in [-0.2, -0.15) is 0 Å². The van der Waals surface area contributed by atoms with Gasteiger partial charge in [0, 0.05) is 12.8 Å². The first-order valence-corrected chi connectivity index (χ1v) is 24.6. The predicted molar refractivity (Wildman–Crippen MR) is 230 cm³/mol. The van der Waals surface area contributed by atoms with Crippen molar-refractivity contribution in [3.8, 4) is 0 Å². The monoisotopic (exact) mass is 863 g/mol. The molecule has 1 aliphatic rings. The molecule has 0 aliphatic heterocycles. The number of ether oxygens (including phenoxy) is 2. The average molecular weight is 863 g/mol. The second kappa shape index (κ2) is 35.9. The lowest BCUT2D eigenvalue weighted by Gasteiger charge is -2.41. The smallest absolute Gasteiger partial charge is 0.462 e. The molecule has 0 amide bonds. The predicted octanol–water partition coefficient (Wildman–Crippen LogP) is 8.84. The summed E-state index contributed by atoms with van der Waals surface area (Å²) in [4.78, 5) is 35.7. The van der Waals surface area contributed by atoms with Crippen molar-refractivity contribution in [3.05, 3.63) is 24.3 Å². The molecular weight excluding hydrogens is 779 g/mol. The third kappa shape index (κ3) is 28.5. The van der Waals surface area contributed by atoms with E-state index in [-0.39, 0.29) is 12.8 Å². The normalized spacial score (nSPS) is 22.5. The molecule has 0 aromatic rings. The number of carbonyl (C=O) groups excluding carboxylic acids is 2. The van der Waals surface area contributed by atoms with E-state index in [0.29, 0.717) is 12.8 Å². The molecule has 0 heterocycles. The maximum atomic E-state index is 12.8. The van der Waals surface area contributed by atoms with E-state index in [1.807, 2.05) is 0 Å². The van der Waals surface area contributed by atoms with E-state index < -0.39 is 75.7 Å². The van der Waals surface area contributed by atoms with Crippen molar-refractivity contribution in [2.45, 2.75) is 236 Å². The van der Waals surface area contributed by atoms with Gasteiger partial charge in [-0.15, -0.1) is 0 Å². The molecule has 14 heteroatoms. The van der Waals surface area contributed by atoms with Crippen LogP contribution in [-0.2, 0) is 32.7 Å². The molecule has 1 rings (SSSR count). The first-order chi connectivity index (χ1) is 28.4. The van der Waals surface area contributed by atoms with Crippen molar-refractivity contribution in [1.82, 2.24) is 0 Å². The van der Waals surface area contributed by atoms with E-state index in [2.05, 4.69) is 38.2 Å². The number of aliphatic hydroxyl groups is 5. The highest BCUT2D eigenvalue weighted by Gasteiger charge is 2.51. The van der Waals surface area contributed by atoms with Gasteiger partial charge in [-0.1, -0.05) is 141 Å². The van der Waals surface area contributed by atoms with Crippen molar-refractivity contribution in [2.24, 2.45) is 0 Å². The van der Waals surface area contributed by atoms with Crippen LogP contribution in [0.2, 0.25) is 0 Å². The van der Waals surface area contributed by atoms with Gasteiger partial charge in [-0.3, -0.25) is 18.6 Å². The Morgan fingerprint density at radius 3 is 1.29 bits per heavy atom. The van der Waals surface area contributed by atoms with Crippen LogP contribution in [0, 0.1) is 0 Å². The zero-order valence-electron chi connectivity index (χ0n) is 36.6. The van der Waals surface area contributed by atoms with Crippen molar-refractivity contribution >= 4 is 19.8 Å². The highest BCUT2D eigenvalue weighted by molar-refractivity contribution is 7.47. The number of phosphoric ester groups is 1. The second-order valence-corrected chi connectivity index (χ2v) is 17.7. The summed E-state index contributed by atoms with van der Waals surface area (Å²) in [6, 6.07) is 0. The van der Waals surface area contributed by atoms with Crippen LogP contribution in [0.3, 0.4) is 0 Å². The van der Waals surface area contributed by atoms with E-state index in [0.717, 1.165) is 70.6 Å². The molecule has 346 valence electrons. The first-order valence-electron chi connectivity index (χ1n) is 23.1. The van der Waals surface area contributed by atoms with E-state index in [1.54, 1.807) is 0 Å². The zero-order chi connectivity index (χ0) is 43.6. The molecule has 1 saturated carbocycles. The molecule has 0 saturated heterocycles. The number of unbranched alkanes of at least 4 members (excludes halogenated alkanes) is 22. The van der Waals surface area contributed by atoms with Crippen LogP contribution in [0.4, 0.5) is 0 Å². The van der Waals surface area contributed by atoms with Crippen LogP contribution in [0.25, 0.3) is 0 Å². The maximum absolute atomic E-state index is 12.8. The average Bonchev–Trinajstić information content (AvgIpc) is 3.21. The van der Waals surface area contributed by atoms with Gasteiger partial charge in [-0.25, -0.2) is 4.57 Å². The Kier molecular flexibility index (Phi) is 33.7. The van der Waals surface area contributed by atoms with Crippen LogP contribution in [0.5, 0.6) is 0 Å². The Morgan fingerprint density at radius 1 is 0.508 bits per heavy atom. The van der Waals surface area contributed by atoms with Crippen LogP contribution in [-0.4, -0.2) is 98.3 Å². The molecule has 6 N–H and O–H groups in total. The highest BCUT2D eigenvalue weighted by atomic mass is 31.2. The lowest BCUT2D eigenvalue weighted by atomic mass is 9.85. The lowest BCUT2D eigenvalue weighted by Crippen LogP contribution is -2.64. The van der Waals surface area contributed by atoms with Crippen LogP contribution < -0.4 is 0 Å². The summed E-state index contributed by atoms with van der Waals surface area (Å²) in [6.07, 6.45) is 25.2. The summed E-state index contributed by atoms with van der Waals surface area (Å²) >= 11 is 0. The van der Waals surface area contributed by atoms with Crippen LogP contribution in [0.15, 0.2) is 24.3 Å². The van der Waals surface area contributed by atoms with Gasteiger partial charge in [0.2, 0.25) is 0 Å². The molecular formula is C45H83O13P. The number of phosphoric acid groups is 1. The molecule has 1 aliphatic carbocycles. The zero-order valence-corrected chi connectivity index (χ0v) is 37.4. The standard InChI is InChI=1S/C45H83O13P/c1-3-5-7-9-11-13-15-17-18-19-20-22-24-26-28-30-32-34-39(47)57-37(36-56-59(53,54)58-45-43(51)41(49)40(48)42(50)44(45)52)35-55-38(46)33-31-29-27-25-23-21-16-14-12-10-8-6-4-2/h13-16,37,40-45,48-52H,3-12,17-36H2,1-2H3,(H,53,54)/b15-13+,16-14+/t37-,40?,41+,42?,43?,44?,45?/m1/s1. The Hall–Kier alpha value is -1.67. The topological polar surface area (TPSA) is 210 Å². The quantitative estimate of drug-likeness (QED) is 0.0149. The largest absolute Gasteiger partial charge is 0.472 e. The van der Waals surface area contributed by atoms with Crippen LogP contribution in [0.1, 0.15) is 194 Å². The molecule has 0 spiro atoms. The summed E-state index contributed by atoms with van der Waals surface area (Å²) in [5, 5.41) is 50.1. The minimum atomic E-state index is -5.12. The minimum Gasteiger partial charge on any atom is -0.462 e. The van der Waals surface area contributed by atoms with E-state index >= 15 is 0 Å². The minimum absolute atomic E-state index is 0.0944. The number of aliphatic hydroxyl groups excluding tert-OH is 5. The van der Waals surface area contributed by atoms with E-state index in [1.165, 1.54) is 83.5 Å². The summed E-state index contributed by atoms with van der Waals surface area (Å²) in [6.45, 7) is 3.26. The summed E-state index contributed by atoms with van der Waals surface area (Å²) in [5.74, 6) is -1.11. The Morgan fingerprint density at radius 2 is 0.864 bits per heavy atom. The van der Waals surface area contributed by atoms with Gasteiger partial charge in [-0.05, 0) is 64.2 Å². The third-order valence-electron chi connectivity index (χ3n) is 10.8. The second-order valence-electron chi connectivity index (χ2n) is 16.3. The molecule has 0 bridgehead atoms. The van der Waals surface area contributed by atoms with Crippen molar-refractivity contribution in [3.63, 3.8) is 0 Å². The van der Waals surface area contributed by atoms with Gasteiger partial charge >= 0.3 is 19.8 Å². The highest BCUT2D eigenvalue weighted by Crippen LogP contribution is 2.47. The van der Waals surface area contributed by atoms with Gasteiger partial charge < -0.3 is 39.9 Å². The Labute approximate surface area is 356 Å². The lowest BCUT2D eigenvalue weighted by molar-refractivity contribution is -0.220. The van der Waals surface area contributed by atoms with Crippen molar-refractivity contribution in [2.75, 3.05) is 13.2 Å². The molecule has 59 heavy (non-hydrogen) atoms. The van der Waals surface area contributed by atoms with E-state index in [4.69, 9.17) is 18.5 Å². The molecule has 8 atom stereocenters. The molecule has 6 unspecified atom stereocenters. The fourth-order valence-corrected chi connectivity index (χ4v) is 7.95. The maximum Gasteiger partial charge on any atom is 0.472 e. The number of allylic oxidation sites excluding steroid dienone is 4. The molecule has 0 aromatic heterocycles. The van der Waals surface area contributed by atoms with Gasteiger partial charge in [0.05, 0.1) is 6.61 Å². The molecule has 0 aromatic carbocycles. The number of hydrogen-bond donors (Lipinski definition) is 6. The fraction of sp³-hybridized carbons (Fsp3) is 0.867. The van der Waals surface area contributed by atoms with Crippen molar-refractivity contribution < 1.29 is 63.1 Å². The summed E-state index contributed by atoms with van der Waals surface area (Å²) < 4.78 is 33.5. The van der Waals surface area contributed by atoms with Gasteiger partial charge in [0.25, 0.3) is 0 Å². The summed E-state index contributed by atoms with van der Waals surface area (Å²) in [7, 11) is -5.12. The third-order valence-corrected chi connectivity index (χ3v) is 11.8. The number of carbonyl (C=O) groups is 2. The Balaban J connectivity index is 2.46. The fourth-order valence-electron chi connectivity index (χ4n) is 6.98. The number of esters is 2. The van der Waals surface area contributed by atoms with Gasteiger partial charge in [0.15, 0.2) is 6.10 Å². The number of hydrogen-bond acceptors (Lipinski definition) is 12. The van der Waals surface area contributed by atoms with Crippen LogP contribution >= 0.6 is 7.82 Å². The van der Waals surface area contributed by atoms with Gasteiger partial charge in [0.1, 0.15) is 43.2 Å². The SMILES string of the molecule is CCCCCC/C=C/CCCCCCCCCCCC(=O)O[C@H](COC(=O)CCCCCCC/C=C/CCCCCC)COP(=O)(O)OC1C(O)C(O)C(O)[C@H](O)C1O. The van der Waals surface area contributed by atoms with Crippen molar-refractivity contribution in [1.29, 1.82) is 0 Å². The Bertz CT molecular complexity index is 1130. The van der Waals surface area contributed by atoms with E-state index in [9.17, 15) is 44.6 Å². The first kappa shape index (κ1) is 55.3. The molecule has 0 radical (unpaired) electrons. The molecule has 1 fully saturated rings. The number of rotatable bonds is 38.